The minimum absolute atomic E-state index is 0.271. The zero-order chi connectivity index (χ0) is 9.68. The maximum absolute atomic E-state index is 11.3. The van der Waals surface area contributed by atoms with Crippen LogP contribution in [0.25, 0.3) is 0 Å². The molecule has 0 spiro atoms. The third-order valence-corrected chi connectivity index (χ3v) is 4.45. The van der Waals surface area contributed by atoms with Crippen molar-refractivity contribution in [1.29, 1.82) is 0 Å². The quantitative estimate of drug-likeness (QED) is 0.505. The maximum Gasteiger partial charge on any atom is 0.129 e. The van der Waals surface area contributed by atoms with E-state index in [0.717, 1.165) is 37.9 Å². The summed E-state index contributed by atoms with van der Waals surface area (Å²) >= 11 is -0.560. The summed E-state index contributed by atoms with van der Waals surface area (Å²) in [6, 6.07) is 0. The summed E-state index contributed by atoms with van der Waals surface area (Å²) in [7, 11) is 0. The number of rotatable bonds is 5. The zero-order valence-corrected chi connectivity index (χ0v) is 9.07. The van der Waals surface area contributed by atoms with Gasteiger partial charge in [0.15, 0.2) is 0 Å². The molecule has 0 aromatic carbocycles. The highest BCUT2D eigenvalue weighted by molar-refractivity contribution is 7.92. The highest BCUT2D eigenvalue weighted by Crippen LogP contribution is 2.24. The fourth-order valence-electron chi connectivity index (χ4n) is 1.77. The molecule has 1 heterocycles. The van der Waals surface area contributed by atoms with Gasteiger partial charge in [0.2, 0.25) is 0 Å². The van der Waals surface area contributed by atoms with Crippen LogP contribution in [0.4, 0.5) is 0 Å². The summed E-state index contributed by atoms with van der Waals surface area (Å²) in [6.45, 7) is 1.63. The van der Waals surface area contributed by atoms with Gasteiger partial charge in [-0.3, -0.25) is 0 Å². The molecular weight excluding hydrogens is 184 g/mol. The second-order valence-electron chi connectivity index (χ2n) is 3.80. The van der Waals surface area contributed by atoms with Crippen LogP contribution in [-0.4, -0.2) is 21.3 Å². The Morgan fingerprint density at radius 2 is 2.31 bits per heavy atom. The van der Waals surface area contributed by atoms with E-state index in [4.69, 9.17) is 0 Å². The molecule has 0 saturated carbocycles. The van der Waals surface area contributed by atoms with Crippen molar-refractivity contribution in [3.8, 4) is 0 Å². The average Bonchev–Trinajstić information content (AvgIpc) is 2.45. The first kappa shape index (κ1) is 11.1. The van der Waals surface area contributed by atoms with Crippen molar-refractivity contribution in [2.75, 3.05) is 5.75 Å². The standard InChI is InChI=1S/C10H18O2S/c1-9(11)5-2-3-6-10-7-4-8-13(10)12/h10H,2-8H2,1H3. The zero-order valence-electron chi connectivity index (χ0n) is 8.25. The van der Waals surface area contributed by atoms with Crippen molar-refractivity contribution in [3.63, 3.8) is 0 Å². The summed E-state index contributed by atoms with van der Waals surface area (Å²) in [4.78, 5) is 10.6. The SMILES string of the molecule is CC(=O)CCCCC1CCC[S+]1[O-]. The van der Waals surface area contributed by atoms with Gasteiger partial charge in [0.25, 0.3) is 0 Å². The molecule has 0 aromatic rings. The fraction of sp³-hybridized carbons (Fsp3) is 0.900. The number of unbranched alkanes of at least 4 members (excludes halogenated alkanes) is 1. The third kappa shape index (κ3) is 4.14. The lowest BCUT2D eigenvalue weighted by Gasteiger charge is -2.12. The van der Waals surface area contributed by atoms with Crippen LogP contribution in [0.15, 0.2) is 0 Å². The Balaban J connectivity index is 2.02. The van der Waals surface area contributed by atoms with Crippen LogP contribution in [0.2, 0.25) is 0 Å². The van der Waals surface area contributed by atoms with Crippen molar-refractivity contribution < 1.29 is 9.35 Å². The molecule has 0 aromatic heterocycles. The predicted octanol–water partition coefficient (Wildman–Crippen LogP) is 2.05. The lowest BCUT2D eigenvalue weighted by Crippen LogP contribution is -2.15. The van der Waals surface area contributed by atoms with E-state index in [-0.39, 0.29) is 5.78 Å². The smallest absolute Gasteiger partial charge is 0.129 e. The molecule has 1 aliphatic heterocycles. The van der Waals surface area contributed by atoms with Crippen LogP contribution in [0.3, 0.4) is 0 Å². The average molecular weight is 202 g/mol. The number of carbonyl (C=O) groups excluding carboxylic acids is 1. The van der Waals surface area contributed by atoms with Crippen LogP contribution in [0, 0.1) is 0 Å². The van der Waals surface area contributed by atoms with Gasteiger partial charge >= 0.3 is 0 Å². The van der Waals surface area contributed by atoms with E-state index in [0.29, 0.717) is 11.7 Å². The summed E-state index contributed by atoms with van der Waals surface area (Å²) < 4.78 is 11.3. The maximum atomic E-state index is 11.3. The lowest BCUT2D eigenvalue weighted by atomic mass is 10.1. The van der Waals surface area contributed by atoms with E-state index >= 15 is 0 Å². The Kier molecular flexibility index (Phi) is 4.81. The minimum Gasteiger partial charge on any atom is -0.616 e. The summed E-state index contributed by atoms with van der Waals surface area (Å²) in [5, 5.41) is 0.437. The van der Waals surface area contributed by atoms with E-state index in [9.17, 15) is 9.35 Å². The van der Waals surface area contributed by atoms with Crippen LogP contribution >= 0.6 is 0 Å². The highest BCUT2D eigenvalue weighted by Gasteiger charge is 2.27. The van der Waals surface area contributed by atoms with E-state index in [1.165, 1.54) is 0 Å². The molecule has 0 N–H and O–H groups in total. The number of hydrogen-bond donors (Lipinski definition) is 0. The first-order chi connectivity index (χ1) is 6.20. The number of hydrogen-bond acceptors (Lipinski definition) is 2. The minimum atomic E-state index is -0.560. The van der Waals surface area contributed by atoms with Crippen LogP contribution in [0.5, 0.6) is 0 Å². The molecule has 1 aliphatic rings. The molecule has 2 nitrogen and oxygen atoms in total. The Labute approximate surface area is 83.3 Å². The molecule has 1 fully saturated rings. The first-order valence-electron chi connectivity index (χ1n) is 5.07. The normalized spacial score (nSPS) is 27.8. The molecule has 2 unspecified atom stereocenters. The van der Waals surface area contributed by atoms with Crippen molar-refractivity contribution >= 4 is 17.0 Å². The van der Waals surface area contributed by atoms with Crippen LogP contribution in [0.1, 0.15) is 45.4 Å². The number of ketones is 1. The molecule has 13 heavy (non-hydrogen) atoms. The monoisotopic (exact) mass is 202 g/mol. The van der Waals surface area contributed by atoms with Crippen molar-refractivity contribution in [1.82, 2.24) is 0 Å². The topological polar surface area (TPSA) is 40.1 Å². The van der Waals surface area contributed by atoms with E-state index < -0.39 is 11.2 Å². The van der Waals surface area contributed by atoms with Gasteiger partial charge in [-0.15, -0.1) is 0 Å². The first-order valence-corrected chi connectivity index (χ1v) is 6.45. The molecule has 76 valence electrons. The molecule has 1 saturated heterocycles. The molecule has 0 bridgehead atoms. The fourth-order valence-corrected chi connectivity index (χ4v) is 3.42. The van der Waals surface area contributed by atoms with Gasteiger partial charge in [-0.25, -0.2) is 0 Å². The molecule has 0 amide bonds. The molecule has 0 aliphatic carbocycles. The Bertz CT molecular complexity index is 170. The second kappa shape index (κ2) is 5.66. The summed E-state index contributed by atoms with van der Waals surface area (Å²) in [5.41, 5.74) is 0. The van der Waals surface area contributed by atoms with Crippen molar-refractivity contribution in [2.24, 2.45) is 0 Å². The van der Waals surface area contributed by atoms with Gasteiger partial charge in [-0.1, -0.05) is 11.2 Å². The molecular formula is C10H18O2S. The highest BCUT2D eigenvalue weighted by atomic mass is 32.2. The van der Waals surface area contributed by atoms with Crippen LogP contribution < -0.4 is 0 Å². The molecule has 2 atom stereocenters. The van der Waals surface area contributed by atoms with Gasteiger partial charge in [0.1, 0.15) is 16.8 Å². The van der Waals surface area contributed by atoms with Crippen molar-refractivity contribution in [3.05, 3.63) is 0 Å². The largest absolute Gasteiger partial charge is 0.616 e. The summed E-state index contributed by atoms with van der Waals surface area (Å²) in [6.07, 6.45) is 6.05. The molecule has 1 rings (SSSR count). The van der Waals surface area contributed by atoms with Gasteiger partial charge in [0, 0.05) is 6.42 Å². The molecule has 3 heteroatoms. The second-order valence-corrected chi connectivity index (χ2v) is 5.63. The Hall–Kier alpha value is -0.0200. The predicted molar refractivity (Wildman–Crippen MR) is 55.2 cm³/mol. The Morgan fingerprint density at radius 1 is 1.54 bits per heavy atom. The Morgan fingerprint density at radius 3 is 2.85 bits per heavy atom. The van der Waals surface area contributed by atoms with Gasteiger partial charge in [-0.05, 0) is 39.0 Å². The van der Waals surface area contributed by atoms with Gasteiger partial charge < -0.3 is 9.35 Å². The van der Waals surface area contributed by atoms with E-state index in [2.05, 4.69) is 0 Å². The lowest BCUT2D eigenvalue weighted by molar-refractivity contribution is -0.117. The van der Waals surface area contributed by atoms with Crippen molar-refractivity contribution in [2.45, 2.75) is 50.7 Å². The van der Waals surface area contributed by atoms with Gasteiger partial charge in [0.05, 0.1) is 0 Å². The summed E-state index contributed by atoms with van der Waals surface area (Å²) in [5.74, 6) is 1.17. The third-order valence-electron chi connectivity index (χ3n) is 2.55. The van der Waals surface area contributed by atoms with Crippen LogP contribution in [-0.2, 0) is 16.0 Å². The number of Topliss-reactive ketones (excluding diaryl/α,β-unsaturated/α-hetero) is 1. The molecule has 0 radical (unpaired) electrons. The van der Waals surface area contributed by atoms with Gasteiger partial charge in [-0.2, -0.15) is 0 Å². The van der Waals surface area contributed by atoms with E-state index in [1.807, 2.05) is 0 Å². The van der Waals surface area contributed by atoms with E-state index in [1.54, 1.807) is 6.92 Å². The number of carbonyl (C=O) groups is 1.